The van der Waals surface area contributed by atoms with E-state index in [1.165, 1.54) is 0 Å². The van der Waals surface area contributed by atoms with Gasteiger partial charge in [0.2, 0.25) is 0 Å². The van der Waals surface area contributed by atoms with Crippen molar-refractivity contribution in [2.45, 2.75) is 26.9 Å². The summed E-state index contributed by atoms with van der Waals surface area (Å²) in [7, 11) is 0. The molecule has 0 aliphatic carbocycles. The standard InChI is InChI=1S/C17H19N3O2/c1-12-8-13(2)10-16(9-12)22-14(3)17(21)20-19-11-15-4-6-18-7-5-15/h4-11,14H,1-3H3,(H,20,21). The van der Waals surface area contributed by atoms with Crippen LogP contribution in [0, 0.1) is 13.8 Å². The number of benzene rings is 1. The van der Waals surface area contributed by atoms with Crippen LogP contribution in [0.25, 0.3) is 0 Å². The van der Waals surface area contributed by atoms with E-state index in [1.54, 1.807) is 37.7 Å². The fourth-order valence-electron chi connectivity index (χ4n) is 1.97. The van der Waals surface area contributed by atoms with Gasteiger partial charge < -0.3 is 4.74 Å². The third-order valence-electron chi connectivity index (χ3n) is 2.97. The van der Waals surface area contributed by atoms with Gasteiger partial charge in [0.1, 0.15) is 5.75 Å². The Morgan fingerprint density at radius 3 is 2.50 bits per heavy atom. The maximum Gasteiger partial charge on any atom is 0.280 e. The molecular formula is C17H19N3O2. The molecule has 114 valence electrons. The van der Waals surface area contributed by atoms with Gasteiger partial charge in [0, 0.05) is 12.4 Å². The van der Waals surface area contributed by atoms with Crippen molar-refractivity contribution in [3.63, 3.8) is 0 Å². The first kappa shape index (κ1) is 15.7. The number of amides is 1. The van der Waals surface area contributed by atoms with Gasteiger partial charge in [-0.15, -0.1) is 0 Å². The van der Waals surface area contributed by atoms with Gasteiger partial charge in [0.25, 0.3) is 5.91 Å². The van der Waals surface area contributed by atoms with E-state index in [9.17, 15) is 4.79 Å². The molecule has 0 spiro atoms. The lowest BCUT2D eigenvalue weighted by molar-refractivity contribution is -0.127. The summed E-state index contributed by atoms with van der Waals surface area (Å²) in [6, 6.07) is 9.45. The van der Waals surface area contributed by atoms with Crippen LogP contribution < -0.4 is 10.2 Å². The van der Waals surface area contributed by atoms with E-state index in [2.05, 4.69) is 21.6 Å². The maximum atomic E-state index is 11.9. The van der Waals surface area contributed by atoms with Crippen LogP contribution in [0.5, 0.6) is 5.75 Å². The number of hydrogen-bond acceptors (Lipinski definition) is 4. The summed E-state index contributed by atoms with van der Waals surface area (Å²) in [6.45, 7) is 5.67. The molecule has 22 heavy (non-hydrogen) atoms. The molecule has 1 atom stereocenters. The minimum Gasteiger partial charge on any atom is -0.481 e. The number of rotatable bonds is 5. The van der Waals surface area contributed by atoms with Crippen LogP contribution in [-0.2, 0) is 4.79 Å². The molecule has 1 aromatic carbocycles. The Kier molecular flexibility index (Phi) is 5.25. The summed E-state index contributed by atoms with van der Waals surface area (Å²) < 4.78 is 5.64. The van der Waals surface area contributed by atoms with Crippen LogP contribution in [0.2, 0.25) is 0 Å². The van der Waals surface area contributed by atoms with Crippen LogP contribution in [0.15, 0.2) is 47.8 Å². The largest absolute Gasteiger partial charge is 0.481 e. The molecule has 1 aromatic heterocycles. The van der Waals surface area contributed by atoms with E-state index in [4.69, 9.17) is 4.74 Å². The molecule has 0 fully saturated rings. The summed E-state index contributed by atoms with van der Waals surface area (Å²) in [4.78, 5) is 15.9. The Balaban J connectivity index is 1.90. The predicted octanol–water partition coefficient (Wildman–Crippen LogP) is 2.62. The van der Waals surface area contributed by atoms with Gasteiger partial charge in [-0.05, 0) is 61.7 Å². The Hall–Kier alpha value is -2.69. The molecule has 0 saturated heterocycles. The van der Waals surface area contributed by atoms with E-state index in [0.717, 1.165) is 16.7 Å². The predicted molar refractivity (Wildman–Crippen MR) is 86.0 cm³/mol. The van der Waals surface area contributed by atoms with E-state index >= 15 is 0 Å². The van der Waals surface area contributed by atoms with Gasteiger partial charge in [-0.3, -0.25) is 9.78 Å². The highest BCUT2D eigenvalue weighted by molar-refractivity contribution is 5.84. The number of aryl methyl sites for hydroxylation is 2. The number of nitrogens with zero attached hydrogens (tertiary/aromatic N) is 2. The summed E-state index contributed by atoms with van der Waals surface area (Å²) >= 11 is 0. The first-order chi connectivity index (χ1) is 10.5. The maximum absolute atomic E-state index is 11.9. The zero-order valence-electron chi connectivity index (χ0n) is 12.9. The molecule has 0 aliphatic heterocycles. The molecule has 0 saturated carbocycles. The van der Waals surface area contributed by atoms with Crippen molar-refractivity contribution < 1.29 is 9.53 Å². The smallest absolute Gasteiger partial charge is 0.280 e. The number of carbonyl (C=O) groups is 1. The van der Waals surface area contributed by atoms with Crippen LogP contribution in [0.3, 0.4) is 0 Å². The van der Waals surface area contributed by atoms with Crippen molar-refractivity contribution in [2.24, 2.45) is 5.10 Å². The summed E-state index contributed by atoms with van der Waals surface area (Å²) in [5.41, 5.74) is 5.52. The quantitative estimate of drug-likeness (QED) is 0.681. The Labute approximate surface area is 130 Å². The fourth-order valence-corrected chi connectivity index (χ4v) is 1.97. The molecule has 1 heterocycles. The molecule has 5 nitrogen and oxygen atoms in total. The average Bonchev–Trinajstić information content (AvgIpc) is 2.47. The van der Waals surface area contributed by atoms with Gasteiger partial charge in [0.15, 0.2) is 6.10 Å². The van der Waals surface area contributed by atoms with Gasteiger partial charge in [-0.2, -0.15) is 5.10 Å². The average molecular weight is 297 g/mol. The molecular weight excluding hydrogens is 278 g/mol. The topological polar surface area (TPSA) is 63.6 Å². The van der Waals surface area contributed by atoms with Crippen molar-refractivity contribution in [3.8, 4) is 5.75 Å². The minimum absolute atomic E-state index is 0.301. The number of ether oxygens (including phenoxy) is 1. The van der Waals surface area contributed by atoms with Gasteiger partial charge >= 0.3 is 0 Å². The van der Waals surface area contributed by atoms with E-state index in [0.29, 0.717) is 5.75 Å². The van der Waals surface area contributed by atoms with Crippen LogP contribution >= 0.6 is 0 Å². The number of aromatic nitrogens is 1. The van der Waals surface area contributed by atoms with E-state index in [-0.39, 0.29) is 5.91 Å². The van der Waals surface area contributed by atoms with Gasteiger partial charge in [0.05, 0.1) is 6.21 Å². The van der Waals surface area contributed by atoms with Crippen molar-refractivity contribution in [3.05, 3.63) is 59.4 Å². The number of nitrogens with one attached hydrogen (secondary N) is 1. The highest BCUT2D eigenvalue weighted by atomic mass is 16.5. The second-order valence-corrected chi connectivity index (χ2v) is 5.10. The van der Waals surface area contributed by atoms with E-state index in [1.807, 2.05) is 26.0 Å². The third-order valence-corrected chi connectivity index (χ3v) is 2.97. The Bertz CT molecular complexity index is 649. The molecule has 0 radical (unpaired) electrons. The molecule has 1 unspecified atom stereocenters. The minimum atomic E-state index is -0.629. The van der Waals surface area contributed by atoms with Crippen LogP contribution in [0.4, 0.5) is 0 Å². The molecule has 0 aliphatic rings. The normalized spacial score (nSPS) is 12.1. The number of pyridine rings is 1. The number of carbonyl (C=O) groups excluding carboxylic acids is 1. The second-order valence-electron chi connectivity index (χ2n) is 5.10. The lowest BCUT2D eigenvalue weighted by Gasteiger charge is -2.14. The SMILES string of the molecule is Cc1cc(C)cc(OC(C)C(=O)NN=Cc2ccncc2)c1. The van der Waals surface area contributed by atoms with Crippen LogP contribution in [-0.4, -0.2) is 23.2 Å². The third kappa shape index (κ3) is 4.70. The second kappa shape index (κ2) is 7.36. The van der Waals surface area contributed by atoms with Crippen molar-refractivity contribution in [1.29, 1.82) is 0 Å². The lowest BCUT2D eigenvalue weighted by atomic mass is 10.1. The highest BCUT2D eigenvalue weighted by Crippen LogP contribution is 2.17. The van der Waals surface area contributed by atoms with Crippen molar-refractivity contribution in [1.82, 2.24) is 10.4 Å². The first-order valence-electron chi connectivity index (χ1n) is 7.02. The zero-order valence-corrected chi connectivity index (χ0v) is 12.9. The molecule has 0 bridgehead atoms. The first-order valence-corrected chi connectivity index (χ1v) is 7.02. The number of hydrogen-bond donors (Lipinski definition) is 1. The monoisotopic (exact) mass is 297 g/mol. The van der Waals surface area contributed by atoms with Gasteiger partial charge in [-0.25, -0.2) is 5.43 Å². The Morgan fingerprint density at radius 2 is 1.86 bits per heavy atom. The van der Waals surface area contributed by atoms with Crippen LogP contribution in [0.1, 0.15) is 23.6 Å². The Morgan fingerprint density at radius 1 is 1.23 bits per heavy atom. The summed E-state index contributed by atoms with van der Waals surface area (Å²) in [6.07, 6.45) is 4.25. The summed E-state index contributed by atoms with van der Waals surface area (Å²) in [5, 5.41) is 3.91. The van der Waals surface area contributed by atoms with E-state index < -0.39 is 6.10 Å². The fraction of sp³-hybridized carbons (Fsp3) is 0.235. The van der Waals surface area contributed by atoms with Gasteiger partial charge in [-0.1, -0.05) is 6.07 Å². The van der Waals surface area contributed by atoms with Crippen molar-refractivity contribution >= 4 is 12.1 Å². The lowest BCUT2D eigenvalue weighted by Crippen LogP contribution is -2.33. The molecule has 1 amide bonds. The molecule has 2 aromatic rings. The number of hydrazone groups is 1. The zero-order chi connectivity index (χ0) is 15.9. The van der Waals surface area contributed by atoms with Crippen molar-refractivity contribution in [2.75, 3.05) is 0 Å². The highest BCUT2D eigenvalue weighted by Gasteiger charge is 2.14. The molecule has 2 rings (SSSR count). The molecule has 1 N–H and O–H groups in total. The summed E-state index contributed by atoms with van der Waals surface area (Å²) in [5.74, 6) is 0.378. The molecule has 5 heteroatoms.